The molecule has 32 heavy (non-hydrogen) atoms. The zero-order valence-corrected chi connectivity index (χ0v) is 19.2. The van der Waals surface area contributed by atoms with Crippen LogP contribution in [0.25, 0.3) is 10.6 Å². The van der Waals surface area contributed by atoms with Gasteiger partial charge in [0.05, 0.1) is 0 Å². The summed E-state index contributed by atoms with van der Waals surface area (Å²) in [5, 5.41) is 11.3. The zero-order chi connectivity index (χ0) is 23.3. The average molecular weight is 460 g/mol. The number of nitrogens with zero attached hydrogens (tertiary/aromatic N) is 3. The first-order valence-corrected chi connectivity index (χ1v) is 11.5. The summed E-state index contributed by atoms with van der Waals surface area (Å²) in [5.74, 6) is -0.323. The van der Waals surface area contributed by atoms with Gasteiger partial charge in [-0.1, -0.05) is 23.0 Å². The fourth-order valence-electron chi connectivity index (χ4n) is 3.71. The minimum atomic E-state index is -0.725. The van der Waals surface area contributed by atoms with Gasteiger partial charge >= 0.3 is 0 Å². The Hall–Kier alpha value is -2.85. The number of amidine groups is 1. The van der Waals surface area contributed by atoms with Crippen molar-refractivity contribution in [3.8, 4) is 10.6 Å². The van der Waals surface area contributed by atoms with Crippen molar-refractivity contribution in [1.29, 1.82) is 5.41 Å². The Bertz CT molecular complexity index is 1010. The summed E-state index contributed by atoms with van der Waals surface area (Å²) in [6.45, 7) is 5.77. The van der Waals surface area contributed by atoms with Crippen molar-refractivity contribution >= 4 is 34.3 Å². The number of carbonyl (C=O) groups excluding carboxylic acids is 1. The highest BCUT2D eigenvalue weighted by atomic mass is 32.1. The predicted octanol–water partition coefficient (Wildman–Crippen LogP) is 2.82. The molecule has 0 radical (unpaired) electrons. The lowest BCUT2D eigenvalue weighted by atomic mass is 10.1. The van der Waals surface area contributed by atoms with Gasteiger partial charge in [-0.15, -0.1) is 0 Å². The van der Waals surface area contributed by atoms with Gasteiger partial charge in [-0.3, -0.25) is 9.79 Å². The summed E-state index contributed by atoms with van der Waals surface area (Å²) >= 11 is 1.06. The Balaban J connectivity index is 1.82. The normalized spacial score (nSPS) is 18.2. The van der Waals surface area contributed by atoms with Crippen molar-refractivity contribution in [2.45, 2.75) is 45.2 Å². The van der Waals surface area contributed by atoms with Crippen LogP contribution in [0.3, 0.4) is 0 Å². The van der Waals surface area contributed by atoms with Crippen molar-refractivity contribution in [1.82, 2.24) is 15.2 Å². The Morgan fingerprint density at radius 1 is 1.47 bits per heavy atom. The van der Waals surface area contributed by atoms with Crippen LogP contribution in [0.5, 0.6) is 0 Å². The van der Waals surface area contributed by atoms with Gasteiger partial charge in [-0.2, -0.15) is 0 Å². The van der Waals surface area contributed by atoms with Crippen LogP contribution in [0.15, 0.2) is 23.2 Å². The monoisotopic (exact) mass is 459 g/mol. The number of likely N-dealkylation sites (tertiary alicyclic amines) is 1. The number of nitrogens with two attached hydrogens (primary N) is 2. The number of aryl methyl sites for hydroxylation is 1. The minimum Gasteiger partial charge on any atom is -0.389 e. The lowest BCUT2D eigenvalue weighted by molar-refractivity contribution is 0.0949. The molecule has 0 saturated carbocycles. The third-order valence-corrected chi connectivity index (χ3v) is 6.29. The van der Waals surface area contributed by atoms with Gasteiger partial charge in [0.25, 0.3) is 5.91 Å². The number of anilines is 1. The molecule has 1 fully saturated rings. The molecule has 0 aliphatic carbocycles. The first-order valence-electron chi connectivity index (χ1n) is 10.7. The summed E-state index contributed by atoms with van der Waals surface area (Å²) in [4.78, 5) is 24.0. The molecule has 1 aliphatic rings. The first-order chi connectivity index (χ1) is 15.3. The molecule has 1 aliphatic heterocycles. The van der Waals surface area contributed by atoms with Gasteiger partial charge < -0.3 is 27.1 Å². The maximum atomic E-state index is 14.3. The standard InChI is InChI=1S/C22H30FN7OS/c1-3-27-20(30-9-4-5-14(25)8-10-30)17(12-24)28-21(31)18-19(26)32-22(29-18)15-11-13(2)6-7-16(15)23/h6-7,11-12,14,17,24H,3-5,8-10,25-26H2,1-2H3,(H,28,31)/t14-,17?/m1/s1. The van der Waals surface area contributed by atoms with Gasteiger partial charge in [0.2, 0.25) is 0 Å². The van der Waals surface area contributed by atoms with E-state index in [0.29, 0.717) is 23.0 Å². The molecule has 1 unspecified atom stereocenters. The minimum absolute atomic E-state index is 0.0199. The Morgan fingerprint density at radius 3 is 2.97 bits per heavy atom. The van der Waals surface area contributed by atoms with Crippen molar-refractivity contribution in [3.63, 3.8) is 0 Å². The topological polar surface area (TPSA) is 133 Å². The van der Waals surface area contributed by atoms with E-state index >= 15 is 0 Å². The highest BCUT2D eigenvalue weighted by Crippen LogP contribution is 2.32. The quantitative estimate of drug-likeness (QED) is 0.389. The van der Waals surface area contributed by atoms with E-state index in [9.17, 15) is 9.18 Å². The number of thiazole rings is 1. The average Bonchev–Trinajstić information content (AvgIpc) is 3.02. The molecule has 1 aromatic heterocycles. The van der Waals surface area contributed by atoms with Crippen molar-refractivity contribution in [2.75, 3.05) is 25.4 Å². The number of aromatic nitrogens is 1. The Labute approximate surface area is 191 Å². The largest absolute Gasteiger partial charge is 0.389 e. The number of halogens is 1. The van der Waals surface area contributed by atoms with Crippen LogP contribution in [-0.2, 0) is 0 Å². The number of aliphatic imine (C=N–C) groups is 1. The number of rotatable bonds is 6. The van der Waals surface area contributed by atoms with Crippen LogP contribution >= 0.6 is 11.3 Å². The van der Waals surface area contributed by atoms with E-state index in [1.165, 1.54) is 6.07 Å². The van der Waals surface area contributed by atoms with E-state index in [2.05, 4.69) is 20.2 Å². The van der Waals surface area contributed by atoms with Crippen LogP contribution in [0.4, 0.5) is 9.39 Å². The molecule has 2 heterocycles. The van der Waals surface area contributed by atoms with Gasteiger partial charge in [0, 0.05) is 37.5 Å². The van der Waals surface area contributed by atoms with E-state index < -0.39 is 17.8 Å². The molecule has 8 nitrogen and oxygen atoms in total. The molecule has 0 bridgehead atoms. The van der Waals surface area contributed by atoms with E-state index in [0.717, 1.165) is 55.5 Å². The highest BCUT2D eigenvalue weighted by Gasteiger charge is 2.27. The summed E-state index contributed by atoms with van der Waals surface area (Å²) in [7, 11) is 0. The molecule has 2 atom stereocenters. The van der Waals surface area contributed by atoms with Gasteiger partial charge in [-0.05, 0) is 45.2 Å². The summed E-state index contributed by atoms with van der Waals surface area (Å²) < 4.78 is 14.3. The maximum Gasteiger partial charge on any atom is 0.273 e. The number of carbonyl (C=O) groups is 1. The lowest BCUT2D eigenvalue weighted by Crippen LogP contribution is -2.50. The molecular formula is C22H30FN7OS. The third-order valence-electron chi connectivity index (χ3n) is 5.37. The van der Waals surface area contributed by atoms with Crippen molar-refractivity contribution < 1.29 is 9.18 Å². The third kappa shape index (κ3) is 5.49. The second-order valence-electron chi connectivity index (χ2n) is 7.84. The van der Waals surface area contributed by atoms with Crippen molar-refractivity contribution in [2.24, 2.45) is 10.7 Å². The first kappa shape index (κ1) is 23.8. The number of nitrogens with one attached hydrogen (secondary N) is 2. The smallest absolute Gasteiger partial charge is 0.273 e. The Kier molecular flexibility index (Phi) is 7.92. The predicted molar refractivity (Wildman–Crippen MR) is 128 cm³/mol. The SMILES string of the molecule is CCN=C(C(C=N)NC(=O)c1nc(-c2cc(C)ccc2F)sc1N)N1CCC[C@@H](N)CC1. The van der Waals surface area contributed by atoms with Crippen molar-refractivity contribution in [3.05, 3.63) is 35.3 Å². The molecule has 10 heteroatoms. The second-order valence-corrected chi connectivity index (χ2v) is 8.87. The molecular weight excluding hydrogens is 429 g/mol. The van der Waals surface area contributed by atoms with Gasteiger partial charge in [-0.25, -0.2) is 9.37 Å². The number of nitrogen functional groups attached to an aromatic ring is 1. The van der Waals surface area contributed by atoms with Gasteiger partial charge in [0.15, 0.2) is 5.69 Å². The fraction of sp³-hybridized carbons (Fsp3) is 0.455. The molecule has 2 aromatic rings. The van der Waals surface area contributed by atoms with Crippen LogP contribution < -0.4 is 16.8 Å². The van der Waals surface area contributed by atoms with Gasteiger partial charge in [0.1, 0.15) is 27.7 Å². The molecule has 1 saturated heterocycles. The summed E-state index contributed by atoms with van der Waals surface area (Å²) in [6.07, 6.45) is 3.84. The highest BCUT2D eigenvalue weighted by molar-refractivity contribution is 7.19. The van der Waals surface area contributed by atoms with E-state index in [1.54, 1.807) is 12.1 Å². The zero-order valence-electron chi connectivity index (χ0n) is 18.4. The summed E-state index contributed by atoms with van der Waals surface area (Å²) in [6, 6.07) is 4.13. The van der Waals surface area contributed by atoms with Crippen LogP contribution in [0.2, 0.25) is 0 Å². The molecule has 0 spiro atoms. The fourth-order valence-corrected chi connectivity index (χ4v) is 4.56. The van der Waals surface area contributed by atoms with Crippen LogP contribution in [0, 0.1) is 18.2 Å². The maximum absolute atomic E-state index is 14.3. The number of benzene rings is 1. The number of hydrogen-bond donors (Lipinski definition) is 4. The summed E-state index contributed by atoms with van der Waals surface area (Å²) in [5.41, 5.74) is 13.4. The van der Waals surface area contributed by atoms with E-state index in [-0.39, 0.29) is 16.7 Å². The number of hydrogen-bond acceptors (Lipinski definition) is 7. The number of amides is 1. The van der Waals surface area contributed by atoms with E-state index in [4.69, 9.17) is 16.9 Å². The van der Waals surface area contributed by atoms with Crippen LogP contribution in [0.1, 0.15) is 42.2 Å². The molecule has 3 rings (SSSR count). The Morgan fingerprint density at radius 2 is 2.25 bits per heavy atom. The molecule has 172 valence electrons. The molecule has 1 aromatic carbocycles. The lowest BCUT2D eigenvalue weighted by Gasteiger charge is -2.29. The second kappa shape index (κ2) is 10.6. The molecule has 1 amide bonds. The molecule has 6 N–H and O–H groups in total. The van der Waals surface area contributed by atoms with E-state index in [1.807, 2.05) is 13.8 Å². The van der Waals surface area contributed by atoms with Crippen LogP contribution in [-0.4, -0.2) is 59.6 Å².